The fourth-order valence-electron chi connectivity index (χ4n) is 1.28. The van der Waals surface area contributed by atoms with Gasteiger partial charge in [0.2, 0.25) is 0 Å². The summed E-state index contributed by atoms with van der Waals surface area (Å²) in [6.45, 7) is 5.89. The van der Waals surface area contributed by atoms with Gasteiger partial charge in [0.15, 0.2) is 0 Å². The van der Waals surface area contributed by atoms with Crippen molar-refractivity contribution in [3.8, 4) is 0 Å². The van der Waals surface area contributed by atoms with Crippen LogP contribution < -0.4 is 5.43 Å². The van der Waals surface area contributed by atoms with Gasteiger partial charge in [-0.1, -0.05) is 18.2 Å². The van der Waals surface area contributed by atoms with E-state index in [1.165, 1.54) is 11.3 Å². The Bertz CT molecular complexity index is 226. The molecule has 0 heterocycles. The second kappa shape index (κ2) is 4.12. The maximum absolute atomic E-state index is 3.73. The molecule has 0 radical (unpaired) electrons. The summed E-state index contributed by atoms with van der Waals surface area (Å²) >= 11 is 0. The molecule has 1 rings (SSSR count). The van der Waals surface area contributed by atoms with E-state index >= 15 is 0 Å². The van der Waals surface area contributed by atoms with Crippen molar-refractivity contribution in [3.63, 3.8) is 0 Å². The van der Waals surface area contributed by atoms with Crippen molar-refractivity contribution in [1.82, 2.24) is 10.4 Å². The SMILES string of the molecule is C=CN(NC)C1=CC=C(C)CC1. The highest BCUT2D eigenvalue weighted by Crippen LogP contribution is 2.19. The highest BCUT2D eigenvalue weighted by atomic mass is 15.5. The molecule has 0 aromatic heterocycles. The van der Waals surface area contributed by atoms with Crippen molar-refractivity contribution in [2.45, 2.75) is 19.8 Å². The second-order valence-corrected chi connectivity index (χ2v) is 2.95. The lowest BCUT2D eigenvalue weighted by molar-refractivity contribution is 0.360. The third kappa shape index (κ3) is 1.98. The van der Waals surface area contributed by atoms with Gasteiger partial charge >= 0.3 is 0 Å². The zero-order valence-electron chi connectivity index (χ0n) is 7.80. The van der Waals surface area contributed by atoms with Gasteiger partial charge in [-0.05, 0) is 25.8 Å². The Balaban J connectivity index is 2.69. The zero-order chi connectivity index (χ0) is 8.97. The molecule has 1 aliphatic carbocycles. The molecule has 0 aliphatic heterocycles. The molecule has 1 N–H and O–H groups in total. The van der Waals surface area contributed by atoms with Gasteiger partial charge < -0.3 is 0 Å². The fraction of sp³-hybridized carbons (Fsp3) is 0.400. The van der Waals surface area contributed by atoms with Crippen LogP contribution in [-0.2, 0) is 0 Å². The molecule has 0 aromatic carbocycles. The van der Waals surface area contributed by atoms with Gasteiger partial charge in [-0.25, -0.2) is 5.43 Å². The van der Waals surface area contributed by atoms with Gasteiger partial charge in [-0.15, -0.1) is 0 Å². The average molecular weight is 164 g/mol. The Hall–Kier alpha value is -1.02. The van der Waals surface area contributed by atoms with Gasteiger partial charge in [-0.3, -0.25) is 5.01 Å². The van der Waals surface area contributed by atoms with Gasteiger partial charge in [0.1, 0.15) is 0 Å². The van der Waals surface area contributed by atoms with Crippen LogP contribution in [0.4, 0.5) is 0 Å². The minimum atomic E-state index is 1.09. The van der Waals surface area contributed by atoms with Crippen LogP contribution in [-0.4, -0.2) is 12.1 Å². The summed E-state index contributed by atoms with van der Waals surface area (Å²) in [5.74, 6) is 0. The van der Waals surface area contributed by atoms with Crippen LogP contribution in [0.2, 0.25) is 0 Å². The molecular weight excluding hydrogens is 148 g/mol. The number of nitrogens with zero attached hydrogens (tertiary/aromatic N) is 1. The van der Waals surface area contributed by atoms with Gasteiger partial charge in [0.25, 0.3) is 0 Å². The number of rotatable bonds is 3. The maximum Gasteiger partial charge on any atom is 0.0347 e. The molecule has 0 aromatic rings. The van der Waals surface area contributed by atoms with E-state index in [0.717, 1.165) is 12.8 Å². The summed E-state index contributed by atoms with van der Waals surface area (Å²) in [4.78, 5) is 0. The minimum absolute atomic E-state index is 1.09. The summed E-state index contributed by atoms with van der Waals surface area (Å²) in [6.07, 6.45) is 8.33. The zero-order valence-corrected chi connectivity index (χ0v) is 7.80. The Kier molecular flexibility index (Phi) is 3.11. The molecule has 2 nitrogen and oxygen atoms in total. The molecule has 0 fully saturated rings. The van der Waals surface area contributed by atoms with Crippen molar-refractivity contribution in [2.24, 2.45) is 0 Å². The summed E-state index contributed by atoms with van der Waals surface area (Å²) in [7, 11) is 1.90. The summed E-state index contributed by atoms with van der Waals surface area (Å²) in [6, 6.07) is 0. The number of allylic oxidation sites excluding steroid dienone is 4. The first-order valence-corrected chi connectivity index (χ1v) is 4.23. The van der Waals surface area contributed by atoms with Crippen molar-refractivity contribution in [1.29, 1.82) is 0 Å². The van der Waals surface area contributed by atoms with Crippen molar-refractivity contribution < 1.29 is 0 Å². The number of hydrazine groups is 1. The molecular formula is C10H16N2. The Morgan fingerprint density at radius 3 is 2.67 bits per heavy atom. The van der Waals surface area contributed by atoms with Crippen LogP contribution >= 0.6 is 0 Å². The van der Waals surface area contributed by atoms with Gasteiger partial charge in [0, 0.05) is 18.9 Å². The largest absolute Gasteiger partial charge is 0.289 e. The second-order valence-electron chi connectivity index (χ2n) is 2.95. The number of hydrogen-bond donors (Lipinski definition) is 1. The first kappa shape index (κ1) is 9.07. The topological polar surface area (TPSA) is 15.3 Å². The van der Waals surface area contributed by atoms with Crippen LogP contribution in [0.15, 0.2) is 36.2 Å². The summed E-state index contributed by atoms with van der Waals surface area (Å²) < 4.78 is 0. The molecule has 0 atom stereocenters. The molecule has 0 spiro atoms. The van der Waals surface area contributed by atoms with Crippen LogP contribution in [0.5, 0.6) is 0 Å². The van der Waals surface area contributed by atoms with Gasteiger partial charge in [-0.2, -0.15) is 0 Å². The Labute approximate surface area is 74.2 Å². The third-order valence-corrected chi connectivity index (χ3v) is 2.07. The molecule has 0 saturated carbocycles. The van der Waals surface area contributed by atoms with Crippen molar-refractivity contribution >= 4 is 0 Å². The number of hydrogen-bond acceptors (Lipinski definition) is 2. The monoisotopic (exact) mass is 164 g/mol. The molecule has 0 unspecified atom stereocenters. The molecule has 12 heavy (non-hydrogen) atoms. The van der Waals surface area contributed by atoms with E-state index in [4.69, 9.17) is 0 Å². The standard InChI is InChI=1S/C10H16N2/c1-4-12(11-3)10-7-5-9(2)6-8-10/h4-5,7,11H,1,6,8H2,2-3H3. The predicted molar refractivity (Wildman–Crippen MR) is 52.2 cm³/mol. The van der Waals surface area contributed by atoms with Crippen LogP contribution in [0.3, 0.4) is 0 Å². The van der Waals surface area contributed by atoms with E-state index in [1.807, 2.05) is 12.1 Å². The number of nitrogens with one attached hydrogen (secondary N) is 1. The van der Waals surface area contributed by atoms with E-state index in [2.05, 4.69) is 31.1 Å². The Morgan fingerprint density at radius 2 is 2.25 bits per heavy atom. The quantitative estimate of drug-likeness (QED) is 0.643. The van der Waals surface area contributed by atoms with Crippen molar-refractivity contribution in [2.75, 3.05) is 7.05 Å². The molecule has 1 aliphatic rings. The maximum atomic E-state index is 3.73. The molecule has 66 valence electrons. The smallest absolute Gasteiger partial charge is 0.0347 e. The van der Waals surface area contributed by atoms with E-state index in [9.17, 15) is 0 Å². The van der Waals surface area contributed by atoms with E-state index in [1.54, 1.807) is 6.20 Å². The molecule has 2 heteroatoms. The van der Waals surface area contributed by atoms with Gasteiger partial charge in [0.05, 0.1) is 0 Å². The van der Waals surface area contributed by atoms with Crippen LogP contribution in [0.1, 0.15) is 19.8 Å². The molecule has 0 saturated heterocycles. The Morgan fingerprint density at radius 1 is 1.50 bits per heavy atom. The van der Waals surface area contributed by atoms with Crippen LogP contribution in [0, 0.1) is 0 Å². The third-order valence-electron chi connectivity index (χ3n) is 2.07. The first-order chi connectivity index (χ1) is 5.77. The van der Waals surface area contributed by atoms with Crippen LogP contribution in [0.25, 0.3) is 0 Å². The minimum Gasteiger partial charge on any atom is -0.289 e. The lowest BCUT2D eigenvalue weighted by atomic mass is 10.0. The normalized spacial score (nSPS) is 16.5. The van der Waals surface area contributed by atoms with E-state index < -0.39 is 0 Å². The lowest BCUT2D eigenvalue weighted by Gasteiger charge is -2.23. The molecule has 0 bridgehead atoms. The summed E-state index contributed by atoms with van der Waals surface area (Å²) in [5, 5.41) is 1.95. The van der Waals surface area contributed by atoms with E-state index in [-0.39, 0.29) is 0 Å². The fourth-order valence-corrected chi connectivity index (χ4v) is 1.28. The lowest BCUT2D eigenvalue weighted by Crippen LogP contribution is -2.29. The summed E-state index contributed by atoms with van der Waals surface area (Å²) in [5.41, 5.74) is 5.77. The van der Waals surface area contributed by atoms with E-state index in [0.29, 0.717) is 0 Å². The molecule has 0 amide bonds. The average Bonchev–Trinajstić information content (AvgIpc) is 2.10. The highest BCUT2D eigenvalue weighted by molar-refractivity contribution is 5.22. The first-order valence-electron chi connectivity index (χ1n) is 4.23. The highest BCUT2D eigenvalue weighted by Gasteiger charge is 2.06. The van der Waals surface area contributed by atoms with Crippen molar-refractivity contribution in [3.05, 3.63) is 36.2 Å². The predicted octanol–water partition coefficient (Wildman–Crippen LogP) is 2.19.